The third-order valence-electron chi connectivity index (χ3n) is 7.87. The van der Waals surface area contributed by atoms with Gasteiger partial charge in [-0.25, -0.2) is 28.8 Å². The van der Waals surface area contributed by atoms with Crippen LogP contribution in [0.4, 0.5) is 0 Å². The Morgan fingerprint density at radius 3 is 1.18 bits per heavy atom. The number of esters is 6. The molecule has 12 nitrogen and oxygen atoms in total. The Labute approximate surface area is 291 Å². The molecule has 0 heterocycles. The van der Waals surface area contributed by atoms with Crippen LogP contribution in [0.2, 0.25) is 0 Å². The lowest BCUT2D eigenvalue weighted by atomic mass is 9.82. The van der Waals surface area contributed by atoms with E-state index in [0.29, 0.717) is 11.5 Å². The van der Waals surface area contributed by atoms with E-state index in [1.807, 2.05) is 26.0 Å². The van der Waals surface area contributed by atoms with E-state index < -0.39 is 54.8 Å². The van der Waals surface area contributed by atoms with Gasteiger partial charge in [0, 0.05) is 17.6 Å². The zero-order valence-electron chi connectivity index (χ0n) is 27.5. The highest BCUT2D eigenvalue weighted by Crippen LogP contribution is 2.50. The van der Waals surface area contributed by atoms with Crippen LogP contribution in [0.15, 0.2) is 110 Å². The lowest BCUT2D eigenvalue weighted by Gasteiger charge is -2.22. The normalized spacial score (nSPS) is 11.9. The van der Waals surface area contributed by atoms with Crippen molar-refractivity contribution >= 4 is 35.8 Å². The van der Waals surface area contributed by atoms with Gasteiger partial charge in [0.1, 0.15) is 11.5 Å². The van der Waals surface area contributed by atoms with E-state index in [4.69, 9.17) is 18.9 Å². The molecule has 0 amide bonds. The lowest BCUT2D eigenvalue weighted by Crippen LogP contribution is -2.16. The molecule has 0 radical (unpaired) electrons. The second-order valence-electron chi connectivity index (χ2n) is 11.4. The second-order valence-corrected chi connectivity index (χ2v) is 11.4. The zero-order valence-corrected chi connectivity index (χ0v) is 27.5. The first-order valence-corrected chi connectivity index (χ1v) is 15.3. The molecule has 4 aromatic carbocycles. The molecule has 0 spiro atoms. The minimum absolute atomic E-state index is 0.144. The molecule has 0 saturated heterocycles. The predicted molar refractivity (Wildman–Crippen MR) is 180 cm³/mol. The monoisotopic (exact) mass is 690 g/mol. The average molecular weight is 691 g/mol. The molecule has 51 heavy (non-hydrogen) atoms. The first kappa shape index (κ1) is 35.5. The summed E-state index contributed by atoms with van der Waals surface area (Å²) >= 11 is 0. The van der Waals surface area contributed by atoms with E-state index >= 15 is 0 Å². The lowest BCUT2D eigenvalue weighted by molar-refractivity contribution is -0.147. The van der Waals surface area contributed by atoms with Crippen molar-refractivity contribution in [2.45, 2.75) is 19.3 Å². The minimum atomic E-state index is -0.744. The molecule has 4 aromatic rings. The summed E-state index contributed by atoms with van der Waals surface area (Å²) in [6, 6.07) is 21.9. The summed E-state index contributed by atoms with van der Waals surface area (Å²) in [6.07, 6.45) is 1.88. The third kappa shape index (κ3) is 8.08. The van der Waals surface area contributed by atoms with Crippen LogP contribution in [0.5, 0.6) is 11.5 Å². The highest BCUT2D eigenvalue weighted by atomic mass is 16.7. The summed E-state index contributed by atoms with van der Waals surface area (Å²) < 4.78 is 30.3. The van der Waals surface area contributed by atoms with Crippen LogP contribution in [0, 0.1) is 0 Å². The van der Waals surface area contributed by atoms with Crippen LogP contribution in [0.3, 0.4) is 0 Å². The fourth-order valence-corrected chi connectivity index (χ4v) is 5.21. The summed E-state index contributed by atoms with van der Waals surface area (Å²) in [5.74, 6) is -3.62. The van der Waals surface area contributed by atoms with Crippen LogP contribution in [-0.2, 0) is 34.0 Å². The van der Waals surface area contributed by atoms with Crippen molar-refractivity contribution in [2.24, 2.45) is 0 Å². The third-order valence-corrected chi connectivity index (χ3v) is 7.87. The van der Waals surface area contributed by atoms with Gasteiger partial charge in [0.05, 0.1) is 22.3 Å². The van der Waals surface area contributed by atoms with Crippen molar-refractivity contribution in [1.82, 2.24) is 0 Å². The number of hydrogen-bond acceptors (Lipinski definition) is 12. The number of rotatable bonds is 12. The molecular formula is C39H30O12. The fourth-order valence-electron chi connectivity index (χ4n) is 5.21. The van der Waals surface area contributed by atoms with E-state index in [0.717, 1.165) is 34.4 Å². The number of ether oxygens (including phenoxy) is 6. The molecular weight excluding hydrogens is 660 g/mol. The molecule has 258 valence electrons. The molecule has 1 aliphatic carbocycles. The minimum Gasteiger partial charge on any atom is -0.425 e. The van der Waals surface area contributed by atoms with Crippen molar-refractivity contribution in [2.75, 3.05) is 13.6 Å². The van der Waals surface area contributed by atoms with Gasteiger partial charge in [0.15, 0.2) is 0 Å². The van der Waals surface area contributed by atoms with Gasteiger partial charge in [0.2, 0.25) is 13.6 Å². The van der Waals surface area contributed by atoms with E-state index in [1.165, 1.54) is 48.5 Å². The molecule has 1 aliphatic rings. The molecule has 5 rings (SSSR count). The van der Waals surface area contributed by atoms with E-state index in [-0.39, 0.29) is 22.3 Å². The molecule has 0 aromatic heterocycles. The number of carbonyl (C=O) groups is 6. The predicted octanol–water partition coefficient (Wildman–Crippen LogP) is 6.12. The van der Waals surface area contributed by atoms with Gasteiger partial charge < -0.3 is 28.4 Å². The highest BCUT2D eigenvalue weighted by molar-refractivity contribution is 5.95. The van der Waals surface area contributed by atoms with Crippen LogP contribution in [0.25, 0.3) is 11.1 Å². The maximum absolute atomic E-state index is 13.0. The van der Waals surface area contributed by atoms with Crippen LogP contribution in [0.1, 0.15) is 66.4 Å². The van der Waals surface area contributed by atoms with Gasteiger partial charge in [-0.1, -0.05) is 39.1 Å². The standard InChI is InChI=1S/C39H30O12/c1-5-33(40)46-21-48-35(42)23-7-11-25(12-8-23)37(44)50-27-15-17-29-30-18-16-28(20-32(30)39(3,4)31(29)19-27)51-38(45)26-13-9-24(10-14-26)36(43)49-22-47-34(41)6-2/h5-20H,1-2,21-22H2,3-4H3. The SMILES string of the molecule is C=CC(=O)OCOC(=O)c1ccc(C(=O)Oc2ccc3c(c2)C(C)(C)c2cc(OC(=O)c4ccc(C(=O)OCOC(=O)C=C)cc4)ccc2-3)cc1. The average Bonchev–Trinajstić information content (AvgIpc) is 3.36. The summed E-state index contributed by atoms with van der Waals surface area (Å²) in [5, 5.41) is 0. The summed E-state index contributed by atoms with van der Waals surface area (Å²) in [6.45, 7) is 9.35. The highest BCUT2D eigenvalue weighted by Gasteiger charge is 2.36. The topological polar surface area (TPSA) is 158 Å². The molecule has 0 atom stereocenters. The maximum Gasteiger partial charge on any atom is 0.343 e. The van der Waals surface area contributed by atoms with Gasteiger partial charge in [-0.2, -0.15) is 0 Å². The van der Waals surface area contributed by atoms with Gasteiger partial charge in [-0.05, 0) is 95.1 Å². The molecule has 0 N–H and O–H groups in total. The van der Waals surface area contributed by atoms with Crippen LogP contribution >= 0.6 is 0 Å². The second kappa shape index (κ2) is 15.2. The van der Waals surface area contributed by atoms with Crippen molar-refractivity contribution < 1.29 is 57.2 Å². The maximum atomic E-state index is 13.0. The smallest absolute Gasteiger partial charge is 0.343 e. The van der Waals surface area contributed by atoms with Gasteiger partial charge in [-0.15, -0.1) is 0 Å². The van der Waals surface area contributed by atoms with Gasteiger partial charge in [-0.3, -0.25) is 0 Å². The van der Waals surface area contributed by atoms with Crippen LogP contribution in [-0.4, -0.2) is 49.4 Å². The molecule has 0 bridgehead atoms. The zero-order chi connectivity index (χ0) is 36.7. The Bertz CT molecular complexity index is 1910. The summed E-state index contributed by atoms with van der Waals surface area (Å²) in [7, 11) is 0. The number of fused-ring (bicyclic) bond motifs is 3. The van der Waals surface area contributed by atoms with Crippen molar-refractivity contribution in [3.8, 4) is 22.6 Å². The van der Waals surface area contributed by atoms with E-state index in [2.05, 4.69) is 22.6 Å². The molecule has 0 saturated carbocycles. The van der Waals surface area contributed by atoms with E-state index in [1.54, 1.807) is 24.3 Å². The fraction of sp³-hybridized carbons (Fsp3) is 0.128. The van der Waals surface area contributed by atoms with E-state index in [9.17, 15) is 28.8 Å². The Balaban J connectivity index is 1.22. The Kier molecular flexibility index (Phi) is 10.6. The molecule has 0 unspecified atom stereocenters. The van der Waals surface area contributed by atoms with Gasteiger partial charge in [0.25, 0.3) is 0 Å². The van der Waals surface area contributed by atoms with Gasteiger partial charge >= 0.3 is 35.8 Å². The summed E-state index contributed by atoms with van der Waals surface area (Å²) in [4.78, 5) is 72.4. The van der Waals surface area contributed by atoms with Crippen molar-refractivity contribution in [3.63, 3.8) is 0 Å². The quantitative estimate of drug-likeness (QED) is 0.0727. The van der Waals surface area contributed by atoms with Crippen molar-refractivity contribution in [3.05, 3.63) is 144 Å². The Hall–Kier alpha value is -6.82. The Morgan fingerprint density at radius 2 is 0.843 bits per heavy atom. The first-order valence-electron chi connectivity index (χ1n) is 15.3. The number of carbonyl (C=O) groups excluding carboxylic acids is 6. The number of benzene rings is 4. The molecule has 12 heteroatoms. The number of hydrogen-bond donors (Lipinski definition) is 0. The molecule has 0 fully saturated rings. The van der Waals surface area contributed by atoms with Crippen LogP contribution < -0.4 is 9.47 Å². The largest absolute Gasteiger partial charge is 0.425 e. The summed E-state index contributed by atoms with van der Waals surface area (Å²) in [5.41, 5.74) is 3.76. The first-order chi connectivity index (χ1) is 24.4. The molecule has 0 aliphatic heterocycles. The van der Waals surface area contributed by atoms with Crippen molar-refractivity contribution in [1.29, 1.82) is 0 Å². The Morgan fingerprint density at radius 1 is 0.510 bits per heavy atom.